The number of rotatable bonds is 12. The number of nitrogens with one attached hydrogen (secondary N) is 1. The van der Waals surface area contributed by atoms with Gasteiger partial charge in [0, 0.05) is 24.8 Å². The summed E-state index contributed by atoms with van der Waals surface area (Å²) in [6.07, 6.45) is 23.2. The van der Waals surface area contributed by atoms with Gasteiger partial charge in [-0.1, -0.05) is 78.9 Å². The SMILES string of the molecule is CC.CCC[C@@]1(C)/C(=C\C(C)C)CCC2C3CCC(O)[C@@]3(CCOc3cncc(C(COC)NC4CCCCC4)c3)CCC21. The number of hydrogen-bond acceptors (Lipinski definition) is 5. The predicted octanol–water partition coefficient (Wildman–Crippen LogP) is 9.45. The minimum Gasteiger partial charge on any atom is -0.492 e. The van der Waals surface area contributed by atoms with Crippen molar-refractivity contribution in [1.82, 2.24) is 10.3 Å². The van der Waals surface area contributed by atoms with Crippen LogP contribution in [-0.4, -0.2) is 42.6 Å². The summed E-state index contributed by atoms with van der Waals surface area (Å²) in [4.78, 5) is 4.57. The minimum absolute atomic E-state index is 0.000278. The molecule has 7 atom stereocenters. The summed E-state index contributed by atoms with van der Waals surface area (Å²) in [5.41, 5.74) is 3.18. The number of nitrogens with zero attached hydrogens (tertiary/aromatic N) is 1. The van der Waals surface area contributed by atoms with Crippen molar-refractivity contribution in [2.45, 2.75) is 150 Å². The van der Waals surface area contributed by atoms with E-state index < -0.39 is 0 Å². The van der Waals surface area contributed by atoms with Crippen LogP contribution in [0.1, 0.15) is 143 Å². The lowest BCUT2D eigenvalue weighted by molar-refractivity contribution is -0.0908. The lowest BCUT2D eigenvalue weighted by Crippen LogP contribution is -2.52. The van der Waals surface area contributed by atoms with Crippen LogP contribution in [0.25, 0.3) is 0 Å². The molecule has 4 aliphatic carbocycles. The number of aliphatic hydroxyl groups is 1. The zero-order valence-corrected chi connectivity index (χ0v) is 29.4. The predicted molar refractivity (Wildman–Crippen MR) is 183 cm³/mol. The first kappa shape index (κ1) is 35.4. The molecule has 5 heteroatoms. The number of fused-ring (bicyclic) bond motifs is 3. The molecule has 44 heavy (non-hydrogen) atoms. The number of aliphatic hydroxyl groups excluding tert-OH is 1. The van der Waals surface area contributed by atoms with E-state index in [1.807, 2.05) is 26.2 Å². The van der Waals surface area contributed by atoms with Crippen LogP contribution in [0.2, 0.25) is 0 Å². The molecule has 5 unspecified atom stereocenters. The van der Waals surface area contributed by atoms with Gasteiger partial charge in [-0.2, -0.15) is 0 Å². The number of allylic oxidation sites excluding steroid dienone is 2. The Balaban J connectivity index is 0.00000216. The summed E-state index contributed by atoms with van der Waals surface area (Å²) < 4.78 is 12.0. The fraction of sp³-hybridized carbons (Fsp3) is 0.821. The standard InChI is InChI=1S/C37H60N2O3.C2H6/c1-6-17-36(4)28(21-26(2)3)12-13-31-32(36)16-18-37(33(31)14-15-35(37)40)19-20-42-30-22-27(23-38-24-30)34(25-41-5)39-29-10-8-7-9-11-29;1-2/h21-24,26,29,31-35,39-40H,6-20,25H2,1-5H3;1-2H3/b28-21-;/t31?,32?,33?,34?,35?,36-,37+;/m0./s1. The van der Waals surface area contributed by atoms with Crippen molar-refractivity contribution >= 4 is 0 Å². The van der Waals surface area contributed by atoms with Crippen LogP contribution in [0.4, 0.5) is 0 Å². The molecule has 2 N–H and O–H groups in total. The molecular weight excluding hydrogens is 544 g/mol. The maximum absolute atomic E-state index is 11.5. The number of ether oxygens (including phenoxy) is 2. The second-order valence-electron chi connectivity index (χ2n) is 14.9. The summed E-state index contributed by atoms with van der Waals surface area (Å²) in [6.45, 7) is 14.9. The highest BCUT2D eigenvalue weighted by Gasteiger charge is 2.59. The van der Waals surface area contributed by atoms with Gasteiger partial charge >= 0.3 is 0 Å². The number of hydrogen-bond donors (Lipinski definition) is 2. The van der Waals surface area contributed by atoms with Crippen LogP contribution in [0, 0.1) is 34.5 Å². The Hall–Kier alpha value is -1.43. The number of pyridine rings is 1. The Morgan fingerprint density at radius 1 is 1.02 bits per heavy atom. The largest absolute Gasteiger partial charge is 0.492 e. The van der Waals surface area contributed by atoms with E-state index in [1.54, 1.807) is 12.7 Å². The molecule has 1 heterocycles. The average molecular weight is 611 g/mol. The Labute approximate surface area is 270 Å². The molecule has 4 saturated carbocycles. The number of methoxy groups -OCH3 is 1. The zero-order valence-electron chi connectivity index (χ0n) is 29.4. The van der Waals surface area contributed by atoms with Crippen LogP contribution in [0.15, 0.2) is 30.1 Å². The van der Waals surface area contributed by atoms with Gasteiger partial charge in [0.15, 0.2) is 0 Å². The van der Waals surface area contributed by atoms with Gasteiger partial charge in [-0.05, 0) is 105 Å². The molecule has 1 aromatic rings. The van der Waals surface area contributed by atoms with Gasteiger partial charge in [0.1, 0.15) is 5.75 Å². The molecule has 0 amide bonds. The van der Waals surface area contributed by atoms with Crippen molar-refractivity contribution < 1.29 is 14.6 Å². The Bertz CT molecular complexity index is 1040. The van der Waals surface area contributed by atoms with Crippen molar-refractivity contribution in [3.8, 4) is 5.75 Å². The molecule has 0 spiro atoms. The molecule has 1 aromatic heterocycles. The molecule has 0 saturated heterocycles. The second-order valence-corrected chi connectivity index (χ2v) is 14.9. The highest BCUT2D eigenvalue weighted by molar-refractivity contribution is 5.27. The fourth-order valence-corrected chi connectivity index (χ4v) is 10.2. The first-order valence-corrected chi connectivity index (χ1v) is 18.5. The van der Waals surface area contributed by atoms with Crippen molar-refractivity contribution in [2.75, 3.05) is 20.3 Å². The van der Waals surface area contributed by atoms with Crippen molar-refractivity contribution in [3.05, 3.63) is 35.7 Å². The van der Waals surface area contributed by atoms with E-state index in [1.165, 1.54) is 70.6 Å². The lowest BCUT2D eigenvalue weighted by atomic mass is 9.47. The molecular formula is C39H66N2O3. The molecule has 5 nitrogen and oxygen atoms in total. The van der Waals surface area contributed by atoms with E-state index in [-0.39, 0.29) is 17.6 Å². The Morgan fingerprint density at radius 3 is 2.50 bits per heavy atom. The molecule has 0 aliphatic heterocycles. The van der Waals surface area contributed by atoms with Crippen molar-refractivity contribution in [1.29, 1.82) is 0 Å². The van der Waals surface area contributed by atoms with Gasteiger partial charge in [-0.25, -0.2) is 0 Å². The molecule has 5 rings (SSSR count). The monoisotopic (exact) mass is 611 g/mol. The van der Waals surface area contributed by atoms with Crippen molar-refractivity contribution in [3.63, 3.8) is 0 Å². The summed E-state index contributed by atoms with van der Waals surface area (Å²) in [5, 5.41) is 15.3. The molecule has 4 fully saturated rings. The van der Waals surface area contributed by atoms with Crippen molar-refractivity contribution in [2.24, 2.45) is 34.5 Å². The molecule has 0 aromatic carbocycles. The molecule has 250 valence electrons. The topological polar surface area (TPSA) is 63.6 Å². The molecule has 0 radical (unpaired) electrons. The van der Waals surface area contributed by atoms with Gasteiger partial charge < -0.3 is 19.9 Å². The van der Waals surface area contributed by atoms with E-state index in [0.717, 1.165) is 42.4 Å². The third-order valence-electron chi connectivity index (χ3n) is 12.1. The zero-order chi connectivity index (χ0) is 31.7. The maximum atomic E-state index is 11.5. The average Bonchev–Trinajstić information content (AvgIpc) is 3.36. The van der Waals surface area contributed by atoms with Gasteiger partial charge in [0.05, 0.1) is 31.6 Å². The van der Waals surface area contributed by atoms with Crippen LogP contribution in [0.3, 0.4) is 0 Å². The third kappa shape index (κ3) is 7.74. The maximum Gasteiger partial charge on any atom is 0.137 e. The van der Waals surface area contributed by atoms with Gasteiger partial charge in [0.25, 0.3) is 0 Å². The van der Waals surface area contributed by atoms with E-state index in [4.69, 9.17) is 9.47 Å². The second kappa shape index (κ2) is 16.4. The smallest absolute Gasteiger partial charge is 0.137 e. The highest BCUT2D eigenvalue weighted by Crippen LogP contribution is 2.65. The molecule has 4 aliphatic rings. The number of aromatic nitrogens is 1. The summed E-state index contributed by atoms with van der Waals surface area (Å²) in [6, 6.07) is 2.83. The summed E-state index contributed by atoms with van der Waals surface area (Å²) >= 11 is 0. The first-order valence-electron chi connectivity index (χ1n) is 18.5. The summed E-state index contributed by atoms with van der Waals surface area (Å²) in [7, 11) is 1.78. The minimum atomic E-state index is -0.202. The lowest BCUT2D eigenvalue weighted by Gasteiger charge is -2.58. The third-order valence-corrected chi connectivity index (χ3v) is 12.1. The first-order chi connectivity index (χ1) is 21.3. The normalized spacial score (nSPS) is 33.8. The van der Waals surface area contributed by atoms with E-state index in [9.17, 15) is 5.11 Å². The Kier molecular flexibility index (Phi) is 13.2. The highest BCUT2D eigenvalue weighted by atomic mass is 16.5. The van der Waals surface area contributed by atoms with Gasteiger partial charge in [-0.15, -0.1) is 0 Å². The quantitative estimate of drug-likeness (QED) is 0.231. The van der Waals surface area contributed by atoms with Crippen LogP contribution in [-0.2, 0) is 4.74 Å². The van der Waals surface area contributed by atoms with Gasteiger partial charge in [0.2, 0.25) is 0 Å². The summed E-state index contributed by atoms with van der Waals surface area (Å²) in [5.74, 6) is 3.53. The van der Waals surface area contributed by atoms with E-state index >= 15 is 0 Å². The fourth-order valence-electron chi connectivity index (χ4n) is 10.2. The van der Waals surface area contributed by atoms with E-state index in [2.05, 4.69) is 50.1 Å². The van der Waals surface area contributed by atoms with Gasteiger partial charge in [-0.3, -0.25) is 4.98 Å². The van der Waals surface area contributed by atoms with Crippen LogP contribution >= 0.6 is 0 Å². The van der Waals surface area contributed by atoms with Crippen LogP contribution < -0.4 is 10.1 Å². The molecule has 0 bridgehead atoms. The van der Waals surface area contributed by atoms with E-state index in [0.29, 0.717) is 36.5 Å². The van der Waals surface area contributed by atoms with Crippen LogP contribution in [0.5, 0.6) is 5.75 Å². The Morgan fingerprint density at radius 2 is 1.80 bits per heavy atom.